The molecule has 0 saturated heterocycles. The number of fused-ring (bicyclic) bond motifs is 1. The number of ether oxygens (including phenoxy) is 2. The van der Waals surface area contributed by atoms with Gasteiger partial charge in [0.2, 0.25) is 0 Å². The zero-order valence-corrected chi connectivity index (χ0v) is 16.2. The fraction of sp³-hybridized carbons (Fsp3) is 0.100. The van der Waals surface area contributed by atoms with E-state index in [0.29, 0.717) is 27.6 Å². The molecule has 2 aromatic heterocycles. The Bertz CT molecular complexity index is 1290. The van der Waals surface area contributed by atoms with Gasteiger partial charge >= 0.3 is 5.63 Å². The van der Waals surface area contributed by atoms with E-state index in [1.165, 1.54) is 29.5 Å². The highest BCUT2D eigenvalue weighted by Gasteiger charge is 2.16. The van der Waals surface area contributed by atoms with Crippen LogP contribution in [-0.4, -0.2) is 24.1 Å². The maximum Gasteiger partial charge on any atom is 0.346 e. The van der Waals surface area contributed by atoms with Crippen LogP contribution in [0.1, 0.15) is 0 Å². The Hall–Kier alpha value is -3.72. The second-order valence-corrected chi connectivity index (χ2v) is 6.89. The van der Waals surface area contributed by atoms with Gasteiger partial charge in [0.05, 0.1) is 30.4 Å². The van der Waals surface area contributed by atoms with E-state index in [2.05, 4.69) is 4.98 Å². The van der Waals surface area contributed by atoms with Gasteiger partial charge in [-0.05, 0) is 24.3 Å². The van der Waals surface area contributed by atoms with Crippen LogP contribution in [0.25, 0.3) is 32.8 Å². The number of methoxy groups -OCH3 is 2. The summed E-state index contributed by atoms with van der Waals surface area (Å²) >= 11 is 1.27. The minimum absolute atomic E-state index is 0.0832. The lowest BCUT2D eigenvalue weighted by Crippen LogP contribution is -2.02. The minimum atomic E-state index is -0.561. The van der Waals surface area contributed by atoms with E-state index < -0.39 is 10.5 Å². The van der Waals surface area contributed by atoms with Crippen molar-refractivity contribution in [2.75, 3.05) is 14.2 Å². The molecule has 0 N–H and O–H groups in total. The lowest BCUT2D eigenvalue weighted by molar-refractivity contribution is -0.384. The summed E-state index contributed by atoms with van der Waals surface area (Å²) in [5, 5.41) is 13.7. The third-order valence-corrected chi connectivity index (χ3v) is 5.22. The Kier molecular flexibility index (Phi) is 4.73. The molecule has 146 valence electrons. The summed E-state index contributed by atoms with van der Waals surface area (Å²) < 4.78 is 15.9. The lowest BCUT2D eigenvalue weighted by Gasteiger charge is -2.08. The number of hydrogen-bond donors (Lipinski definition) is 0. The van der Waals surface area contributed by atoms with E-state index in [1.807, 2.05) is 6.07 Å². The zero-order chi connectivity index (χ0) is 20.5. The van der Waals surface area contributed by atoms with E-state index in [1.54, 1.807) is 37.8 Å². The Balaban J connectivity index is 1.80. The number of thiazole rings is 1. The molecule has 4 rings (SSSR count). The predicted octanol–water partition coefficient (Wildman–Crippen LogP) is 4.51. The summed E-state index contributed by atoms with van der Waals surface area (Å²) in [4.78, 5) is 27.5. The average molecular weight is 410 g/mol. The first-order valence-electron chi connectivity index (χ1n) is 8.41. The molecular weight excluding hydrogens is 396 g/mol. The number of benzene rings is 2. The van der Waals surface area contributed by atoms with Gasteiger partial charge < -0.3 is 13.9 Å². The van der Waals surface area contributed by atoms with Crippen molar-refractivity contribution < 1.29 is 18.8 Å². The number of aromatic nitrogens is 1. The molecule has 0 aliphatic heterocycles. The van der Waals surface area contributed by atoms with Crippen LogP contribution in [0.5, 0.6) is 11.5 Å². The molecule has 0 radical (unpaired) electrons. The van der Waals surface area contributed by atoms with Gasteiger partial charge in [0.25, 0.3) is 5.69 Å². The predicted molar refractivity (Wildman–Crippen MR) is 109 cm³/mol. The van der Waals surface area contributed by atoms with Crippen molar-refractivity contribution in [3.63, 3.8) is 0 Å². The molecule has 2 aromatic carbocycles. The Morgan fingerprint density at radius 2 is 1.90 bits per heavy atom. The molecule has 0 bridgehead atoms. The topological polar surface area (TPSA) is 105 Å². The highest BCUT2D eigenvalue weighted by Crippen LogP contribution is 2.36. The van der Waals surface area contributed by atoms with Gasteiger partial charge in [0, 0.05) is 34.5 Å². The SMILES string of the molecule is COc1ccc(-c2csc(-c3cc4cc([N+](=O)[O-])ccc4oc3=O)n2)c(OC)c1. The van der Waals surface area contributed by atoms with Crippen LogP contribution in [0.2, 0.25) is 0 Å². The van der Waals surface area contributed by atoms with E-state index >= 15 is 0 Å². The van der Waals surface area contributed by atoms with E-state index in [-0.39, 0.29) is 16.8 Å². The molecule has 9 heteroatoms. The standard InChI is InChI=1S/C20H14N2O6S/c1-26-13-4-5-14(18(9-13)27-2)16-10-29-19(21-16)15-8-11-7-12(22(24)25)3-6-17(11)28-20(15)23/h3-10H,1-2H3. The summed E-state index contributed by atoms with van der Waals surface area (Å²) in [6, 6.07) is 11.0. The van der Waals surface area contributed by atoms with Crippen LogP contribution in [0.3, 0.4) is 0 Å². The summed E-state index contributed by atoms with van der Waals surface area (Å²) in [7, 11) is 3.12. The monoisotopic (exact) mass is 410 g/mol. The van der Waals surface area contributed by atoms with Crippen LogP contribution in [0.4, 0.5) is 5.69 Å². The number of nitro groups is 1. The van der Waals surface area contributed by atoms with Crippen molar-refractivity contribution in [1.82, 2.24) is 4.98 Å². The molecule has 29 heavy (non-hydrogen) atoms. The molecule has 0 atom stereocenters. The highest BCUT2D eigenvalue weighted by atomic mass is 32.1. The quantitative estimate of drug-likeness (QED) is 0.271. The fourth-order valence-electron chi connectivity index (χ4n) is 2.90. The minimum Gasteiger partial charge on any atom is -0.497 e. The first kappa shape index (κ1) is 18.6. The van der Waals surface area contributed by atoms with Crippen LogP contribution in [0.15, 0.2) is 57.1 Å². The Morgan fingerprint density at radius 1 is 1.07 bits per heavy atom. The van der Waals surface area contributed by atoms with Crippen LogP contribution in [0, 0.1) is 10.1 Å². The van der Waals surface area contributed by atoms with Crippen molar-refractivity contribution in [2.24, 2.45) is 0 Å². The number of nitro benzene ring substituents is 1. The van der Waals surface area contributed by atoms with Crippen LogP contribution < -0.4 is 15.1 Å². The summed E-state index contributed by atoms with van der Waals surface area (Å²) in [5.74, 6) is 1.24. The summed E-state index contributed by atoms with van der Waals surface area (Å²) in [6.07, 6.45) is 0. The second-order valence-electron chi connectivity index (χ2n) is 6.03. The van der Waals surface area contributed by atoms with Crippen LogP contribution >= 0.6 is 11.3 Å². The maximum absolute atomic E-state index is 12.4. The number of nitrogens with zero attached hydrogens (tertiary/aromatic N) is 2. The molecular formula is C20H14N2O6S. The number of hydrogen-bond acceptors (Lipinski definition) is 8. The first-order valence-corrected chi connectivity index (χ1v) is 9.28. The molecule has 2 heterocycles. The first-order chi connectivity index (χ1) is 14.0. The van der Waals surface area contributed by atoms with Gasteiger partial charge in [-0.15, -0.1) is 11.3 Å². The highest BCUT2D eigenvalue weighted by molar-refractivity contribution is 7.13. The summed E-state index contributed by atoms with van der Waals surface area (Å²) in [5.41, 5.74) is 1.24. The molecule has 0 fully saturated rings. The van der Waals surface area contributed by atoms with Gasteiger partial charge in [0.15, 0.2) is 0 Å². The molecule has 0 amide bonds. The van der Waals surface area contributed by atoms with Crippen molar-refractivity contribution in [3.8, 4) is 33.3 Å². The second kappa shape index (κ2) is 7.36. The normalized spacial score (nSPS) is 10.8. The van der Waals surface area contributed by atoms with Gasteiger partial charge in [-0.25, -0.2) is 9.78 Å². The Labute approximate surface area is 168 Å². The van der Waals surface area contributed by atoms with Gasteiger partial charge in [-0.3, -0.25) is 10.1 Å². The molecule has 0 aliphatic rings. The van der Waals surface area contributed by atoms with Crippen molar-refractivity contribution in [1.29, 1.82) is 0 Å². The number of non-ortho nitro benzene ring substituents is 1. The maximum atomic E-state index is 12.4. The average Bonchev–Trinajstić information content (AvgIpc) is 3.22. The molecule has 0 unspecified atom stereocenters. The molecule has 0 aliphatic carbocycles. The molecule has 8 nitrogen and oxygen atoms in total. The Morgan fingerprint density at radius 3 is 2.62 bits per heavy atom. The molecule has 0 spiro atoms. The fourth-order valence-corrected chi connectivity index (χ4v) is 3.73. The van der Waals surface area contributed by atoms with Gasteiger partial charge in [-0.1, -0.05) is 0 Å². The van der Waals surface area contributed by atoms with E-state index in [9.17, 15) is 14.9 Å². The number of rotatable bonds is 5. The largest absolute Gasteiger partial charge is 0.497 e. The molecule has 4 aromatic rings. The van der Waals surface area contributed by atoms with Crippen molar-refractivity contribution in [3.05, 3.63) is 68.4 Å². The van der Waals surface area contributed by atoms with E-state index in [4.69, 9.17) is 13.9 Å². The van der Waals surface area contributed by atoms with Crippen molar-refractivity contribution >= 4 is 28.0 Å². The third-order valence-electron chi connectivity index (χ3n) is 4.35. The lowest BCUT2D eigenvalue weighted by atomic mass is 10.1. The van der Waals surface area contributed by atoms with Gasteiger partial charge in [-0.2, -0.15) is 0 Å². The van der Waals surface area contributed by atoms with Crippen LogP contribution in [-0.2, 0) is 0 Å². The smallest absolute Gasteiger partial charge is 0.346 e. The van der Waals surface area contributed by atoms with E-state index in [0.717, 1.165) is 5.56 Å². The zero-order valence-electron chi connectivity index (χ0n) is 15.4. The van der Waals surface area contributed by atoms with Gasteiger partial charge in [0.1, 0.15) is 22.1 Å². The summed E-state index contributed by atoms with van der Waals surface area (Å²) in [6.45, 7) is 0. The van der Waals surface area contributed by atoms with Crippen molar-refractivity contribution in [2.45, 2.75) is 0 Å². The third kappa shape index (κ3) is 3.43. The molecule has 0 saturated carbocycles.